The van der Waals surface area contributed by atoms with Crippen molar-refractivity contribution < 1.29 is 29.3 Å². The van der Waals surface area contributed by atoms with Gasteiger partial charge in [-0.3, -0.25) is 4.90 Å². The molecule has 224 valence electrons. The number of benzene rings is 4. The van der Waals surface area contributed by atoms with E-state index in [4.69, 9.17) is 14.6 Å². The van der Waals surface area contributed by atoms with Crippen molar-refractivity contribution in [3.05, 3.63) is 137 Å². The maximum atomic E-state index is 13.6. The van der Waals surface area contributed by atoms with E-state index in [1.807, 2.05) is 12.1 Å². The van der Waals surface area contributed by atoms with Gasteiger partial charge in [0.05, 0.1) is 12.2 Å². The summed E-state index contributed by atoms with van der Waals surface area (Å²) in [5, 5.41) is 21.1. The number of esters is 1. The first-order valence-electron chi connectivity index (χ1n) is 14.2. The zero-order valence-electron chi connectivity index (χ0n) is 23.8. The van der Waals surface area contributed by atoms with Crippen LogP contribution in [0.5, 0.6) is 5.75 Å². The number of hydrogen-bond donors (Lipinski definition) is 2. The van der Waals surface area contributed by atoms with Crippen molar-refractivity contribution in [2.75, 3.05) is 19.7 Å². The molecule has 0 radical (unpaired) electrons. The summed E-state index contributed by atoms with van der Waals surface area (Å²) in [7, 11) is 0. The molecular formula is C35H36ClNO6. The largest absolute Gasteiger partial charge is 0.489 e. The van der Waals surface area contributed by atoms with Gasteiger partial charge in [0, 0.05) is 12.1 Å². The van der Waals surface area contributed by atoms with Crippen LogP contribution in [0.2, 0.25) is 0 Å². The second kappa shape index (κ2) is 14.8. The van der Waals surface area contributed by atoms with Gasteiger partial charge in [0.15, 0.2) is 0 Å². The lowest BCUT2D eigenvalue weighted by Crippen LogP contribution is -2.40. The Hall–Kier alpha value is -4.17. The average Bonchev–Trinajstić information content (AvgIpc) is 3.04. The van der Waals surface area contributed by atoms with Crippen LogP contribution in [0.3, 0.4) is 0 Å². The van der Waals surface area contributed by atoms with Crippen LogP contribution in [0, 0.1) is 5.92 Å². The van der Waals surface area contributed by atoms with Gasteiger partial charge in [-0.05, 0) is 72.8 Å². The van der Waals surface area contributed by atoms with E-state index in [1.54, 1.807) is 60.7 Å². The number of aromatic carboxylic acids is 1. The van der Waals surface area contributed by atoms with Crippen molar-refractivity contribution in [3.8, 4) is 5.75 Å². The zero-order chi connectivity index (χ0) is 29.4. The number of piperidine rings is 1. The van der Waals surface area contributed by atoms with E-state index >= 15 is 0 Å². The molecule has 1 atom stereocenters. The van der Waals surface area contributed by atoms with Gasteiger partial charge in [-0.25, -0.2) is 9.59 Å². The molecular weight excluding hydrogens is 566 g/mol. The van der Waals surface area contributed by atoms with Crippen LogP contribution in [-0.4, -0.2) is 46.7 Å². The van der Waals surface area contributed by atoms with E-state index in [9.17, 15) is 14.7 Å². The molecule has 1 aliphatic rings. The van der Waals surface area contributed by atoms with Gasteiger partial charge in [-0.15, -0.1) is 12.4 Å². The summed E-state index contributed by atoms with van der Waals surface area (Å²) in [6.45, 7) is 3.21. The lowest BCUT2D eigenvalue weighted by atomic mass is 9.86. The molecule has 5 rings (SSSR count). The quantitative estimate of drug-likeness (QED) is 0.201. The van der Waals surface area contributed by atoms with E-state index in [2.05, 4.69) is 29.2 Å². The Balaban J connectivity index is 0.00000423. The summed E-state index contributed by atoms with van der Waals surface area (Å²) in [5.41, 5.74) is 1.02. The summed E-state index contributed by atoms with van der Waals surface area (Å²) in [6.07, 6.45) is 1.83. The normalized spacial score (nSPS) is 15.1. The number of likely N-dealkylation sites (tertiary alicyclic amines) is 1. The maximum Gasteiger partial charge on any atom is 0.347 e. The Kier molecular flexibility index (Phi) is 11.0. The highest BCUT2D eigenvalue weighted by molar-refractivity contribution is 5.87. The van der Waals surface area contributed by atoms with Crippen molar-refractivity contribution in [1.29, 1.82) is 0 Å². The second-order valence-electron chi connectivity index (χ2n) is 10.7. The van der Waals surface area contributed by atoms with E-state index in [0.717, 1.165) is 38.0 Å². The fraction of sp³-hybridized carbons (Fsp3) is 0.257. The van der Waals surface area contributed by atoms with Gasteiger partial charge in [0.25, 0.3) is 0 Å². The molecule has 1 saturated heterocycles. The van der Waals surface area contributed by atoms with Crippen molar-refractivity contribution in [1.82, 2.24) is 4.90 Å². The number of ether oxygens (including phenoxy) is 2. The molecule has 1 unspecified atom stereocenters. The minimum atomic E-state index is -2.02. The summed E-state index contributed by atoms with van der Waals surface area (Å²) < 4.78 is 11.7. The molecule has 1 heterocycles. The third kappa shape index (κ3) is 8.02. The Morgan fingerprint density at radius 3 is 2.07 bits per heavy atom. The second-order valence-corrected chi connectivity index (χ2v) is 10.7. The predicted molar refractivity (Wildman–Crippen MR) is 166 cm³/mol. The number of carboxylic acid groups (broad SMARTS) is 1. The van der Waals surface area contributed by atoms with Crippen LogP contribution in [0.25, 0.3) is 0 Å². The number of nitrogens with zero attached hydrogens (tertiary/aromatic N) is 1. The number of halogens is 1. The molecule has 0 amide bonds. The Morgan fingerprint density at radius 1 is 0.791 bits per heavy atom. The standard InChI is InChI=1S/C35H35NO6.ClH/c37-33(38)29-16-14-27(15-17-29)24-41-32-13-7-12-31(22-32)35(40,30-10-5-2-6-11-30)34(39)42-25-28-18-20-36(21-19-28)23-26-8-3-1-4-9-26;/h1-17,22,28,40H,18-21,23-25H2,(H,37,38);1H. The first-order chi connectivity index (χ1) is 20.4. The summed E-state index contributed by atoms with van der Waals surface area (Å²) >= 11 is 0. The fourth-order valence-electron chi connectivity index (χ4n) is 5.25. The SMILES string of the molecule is Cl.O=C(O)c1ccc(COc2cccc(C(O)(C(=O)OCC3CCN(Cc4ccccc4)CC3)c3ccccc3)c2)cc1. The first-order valence-corrected chi connectivity index (χ1v) is 14.2. The van der Waals surface area contributed by atoms with Crippen molar-refractivity contribution in [3.63, 3.8) is 0 Å². The molecule has 8 heteroatoms. The molecule has 43 heavy (non-hydrogen) atoms. The molecule has 0 aromatic heterocycles. The van der Waals surface area contributed by atoms with E-state index in [1.165, 1.54) is 17.7 Å². The molecule has 0 spiro atoms. The Bertz CT molecular complexity index is 1470. The number of rotatable bonds is 11. The number of carbonyl (C=O) groups excluding carboxylic acids is 1. The molecule has 1 fully saturated rings. The maximum absolute atomic E-state index is 13.6. The lowest BCUT2D eigenvalue weighted by molar-refractivity contribution is -0.164. The van der Waals surface area contributed by atoms with Crippen LogP contribution >= 0.6 is 12.4 Å². The summed E-state index contributed by atoms with van der Waals surface area (Å²) in [5.74, 6) is -1.02. The molecule has 0 bridgehead atoms. The van der Waals surface area contributed by atoms with Crippen molar-refractivity contribution in [2.45, 2.75) is 31.6 Å². The third-order valence-electron chi connectivity index (χ3n) is 7.75. The molecule has 7 nitrogen and oxygen atoms in total. The average molecular weight is 602 g/mol. The van der Waals surface area contributed by atoms with Crippen LogP contribution in [0.1, 0.15) is 45.5 Å². The van der Waals surface area contributed by atoms with Crippen LogP contribution in [0.4, 0.5) is 0 Å². The van der Waals surface area contributed by atoms with E-state index in [-0.39, 0.29) is 37.1 Å². The highest BCUT2D eigenvalue weighted by Crippen LogP contribution is 2.34. The molecule has 2 N–H and O–H groups in total. The Morgan fingerprint density at radius 2 is 1.42 bits per heavy atom. The Labute approximate surface area is 258 Å². The summed E-state index contributed by atoms with van der Waals surface area (Å²) in [6, 6.07) is 32.4. The minimum Gasteiger partial charge on any atom is -0.489 e. The lowest BCUT2D eigenvalue weighted by Gasteiger charge is -2.33. The van der Waals surface area contributed by atoms with Gasteiger partial charge in [0.1, 0.15) is 12.4 Å². The van der Waals surface area contributed by atoms with Crippen molar-refractivity contribution >= 4 is 24.3 Å². The summed E-state index contributed by atoms with van der Waals surface area (Å²) in [4.78, 5) is 27.1. The highest BCUT2D eigenvalue weighted by Gasteiger charge is 2.42. The number of hydrogen-bond acceptors (Lipinski definition) is 6. The number of carboxylic acids is 1. The van der Waals surface area contributed by atoms with Gasteiger partial charge in [-0.2, -0.15) is 0 Å². The third-order valence-corrected chi connectivity index (χ3v) is 7.75. The van der Waals surface area contributed by atoms with Gasteiger partial charge in [0.2, 0.25) is 5.60 Å². The van der Waals surface area contributed by atoms with Gasteiger partial charge in [-0.1, -0.05) is 84.9 Å². The number of aliphatic hydroxyl groups is 1. The first kappa shape index (κ1) is 31.8. The molecule has 1 aliphatic heterocycles. The van der Waals surface area contributed by atoms with Gasteiger partial charge < -0.3 is 19.7 Å². The van der Waals surface area contributed by atoms with Crippen LogP contribution in [0.15, 0.2) is 109 Å². The smallest absolute Gasteiger partial charge is 0.347 e. The van der Waals surface area contributed by atoms with Crippen LogP contribution in [-0.2, 0) is 28.3 Å². The molecule has 4 aromatic carbocycles. The topological polar surface area (TPSA) is 96.3 Å². The zero-order valence-corrected chi connectivity index (χ0v) is 24.6. The fourth-order valence-corrected chi connectivity index (χ4v) is 5.25. The molecule has 0 saturated carbocycles. The highest BCUT2D eigenvalue weighted by atomic mass is 35.5. The van der Waals surface area contributed by atoms with Crippen LogP contribution < -0.4 is 4.74 Å². The van der Waals surface area contributed by atoms with E-state index in [0.29, 0.717) is 16.9 Å². The predicted octanol–water partition coefficient (Wildman–Crippen LogP) is 6.08. The van der Waals surface area contributed by atoms with Gasteiger partial charge >= 0.3 is 11.9 Å². The molecule has 0 aliphatic carbocycles. The molecule has 4 aromatic rings. The van der Waals surface area contributed by atoms with E-state index < -0.39 is 17.5 Å². The number of carbonyl (C=O) groups is 2. The minimum absolute atomic E-state index is 0. The monoisotopic (exact) mass is 601 g/mol. The van der Waals surface area contributed by atoms with Crippen molar-refractivity contribution in [2.24, 2.45) is 5.92 Å².